The summed E-state index contributed by atoms with van der Waals surface area (Å²) in [6.45, 7) is 4.51. The number of rotatable bonds is 10. The van der Waals surface area contributed by atoms with E-state index in [1.54, 1.807) is 24.4 Å². The molecule has 0 saturated carbocycles. The van der Waals surface area contributed by atoms with E-state index in [1.807, 2.05) is 0 Å². The Morgan fingerprint density at radius 1 is 1.17 bits per heavy atom. The number of ether oxygens (including phenoxy) is 3. The zero-order chi connectivity index (χ0) is 28.8. The summed E-state index contributed by atoms with van der Waals surface area (Å²) in [5.41, 5.74) is 1.27. The van der Waals surface area contributed by atoms with Gasteiger partial charge in [0.1, 0.15) is 30.5 Å². The first-order valence-corrected chi connectivity index (χ1v) is 13.4. The number of amides is 1. The van der Waals surface area contributed by atoms with Crippen LogP contribution in [-0.2, 0) is 14.3 Å². The van der Waals surface area contributed by atoms with Crippen molar-refractivity contribution in [3.05, 3.63) is 53.4 Å². The second kappa shape index (κ2) is 13.1. The molecule has 2 aliphatic rings. The fourth-order valence-electron chi connectivity index (χ4n) is 4.29. The van der Waals surface area contributed by atoms with Gasteiger partial charge in [-0.05, 0) is 37.4 Å². The predicted octanol–water partition coefficient (Wildman–Crippen LogP) is 3.56. The third kappa shape index (κ3) is 7.78. The minimum absolute atomic E-state index is 0.0368. The molecule has 1 amide bonds. The van der Waals surface area contributed by atoms with Gasteiger partial charge in [-0.25, -0.2) is 14.2 Å². The second-order valence-electron chi connectivity index (χ2n) is 9.68. The van der Waals surface area contributed by atoms with E-state index in [9.17, 15) is 14.0 Å². The number of cyclic esters (lactones) is 2. The molecule has 12 nitrogen and oxygen atoms in total. The van der Waals surface area contributed by atoms with Gasteiger partial charge < -0.3 is 34.6 Å². The Kier molecular flexibility index (Phi) is 9.07. The van der Waals surface area contributed by atoms with Crippen molar-refractivity contribution in [2.45, 2.75) is 12.5 Å². The highest BCUT2D eigenvalue weighted by Gasteiger charge is 2.26. The SMILES string of the molecule is CN1CCN(CCC(=O)Nc2cc(Nc3cc(-c4cc(Cl)ccc4F)nnc3OCC3COC(=O)O3)ccn2)CC1. The molecule has 1 unspecified atom stereocenters. The lowest BCUT2D eigenvalue weighted by atomic mass is 10.1. The molecule has 1 atom stereocenters. The van der Waals surface area contributed by atoms with E-state index in [-0.39, 0.29) is 36.3 Å². The van der Waals surface area contributed by atoms with Gasteiger partial charge >= 0.3 is 6.16 Å². The van der Waals surface area contributed by atoms with E-state index >= 15 is 0 Å². The van der Waals surface area contributed by atoms with Gasteiger partial charge in [-0.1, -0.05) is 11.6 Å². The van der Waals surface area contributed by atoms with Crippen LogP contribution in [0.3, 0.4) is 0 Å². The van der Waals surface area contributed by atoms with Crippen LogP contribution in [0.1, 0.15) is 6.42 Å². The molecule has 1 aromatic carbocycles. The second-order valence-corrected chi connectivity index (χ2v) is 10.1. The zero-order valence-corrected chi connectivity index (χ0v) is 23.1. The topological polar surface area (TPSA) is 131 Å². The van der Waals surface area contributed by atoms with Crippen LogP contribution in [0.2, 0.25) is 5.02 Å². The van der Waals surface area contributed by atoms with Crippen molar-refractivity contribution in [3.63, 3.8) is 0 Å². The maximum atomic E-state index is 14.6. The van der Waals surface area contributed by atoms with Gasteiger partial charge in [0.05, 0.1) is 5.69 Å². The highest BCUT2D eigenvalue weighted by Crippen LogP contribution is 2.32. The Morgan fingerprint density at radius 2 is 2.00 bits per heavy atom. The summed E-state index contributed by atoms with van der Waals surface area (Å²) in [5.74, 6) is -0.230. The average molecular weight is 586 g/mol. The molecule has 3 aromatic rings. The van der Waals surface area contributed by atoms with Gasteiger partial charge in [0, 0.05) is 67.7 Å². The minimum atomic E-state index is -0.773. The van der Waals surface area contributed by atoms with Gasteiger partial charge in [-0.3, -0.25) is 4.79 Å². The molecule has 216 valence electrons. The van der Waals surface area contributed by atoms with Crippen LogP contribution in [-0.4, -0.2) is 96.1 Å². The molecular weight excluding hydrogens is 557 g/mol. The number of hydrogen-bond donors (Lipinski definition) is 2. The van der Waals surface area contributed by atoms with Crippen LogP contribution in [0.15, 0.2) is 42.6 Å². The van der Waals surface area contributed by atoms with Crippen molar-refractivity contribution in [2.24, 2.45) is 0 Å². The quantitative estimate of drug-likeness (QED) is 0.339. The number of hydrogen-bond acceptors (Lipinski definition) is 11. The van der Waals surface area contributed by atoms with Crippen molar-refractivity contribution >= 4 is 40.9 Å². The van der Waals surface area contributed by atoms with E-state index in [2.05, 4.69) is 42.7 Å². The van der Waals surface area contributed by atoms with E-state index in [0.29, 0.717) is 35.2 Å². The van der Waals surface area contributed by atoms with Gasteiger partial charge in [0.25, 0.3) is 5.88 Å². The highest BCUT2D eigenvalue weighted by molar-refractivity contribution is 6.30. The lowest BCUT2D eigenvalue weighted by molar-refractivity contribution is -0.116. The number of pyridine rings is 1. The first kappa shape index (κ1) is 28.5. The van der Waals surface area contributed by atoms with Crippen molar-refractivity contribution < 1.29 is 28.2 Å². The number of halogens is 2. The zero-order valence-electron chi connectivity index (χ0n) is 22.3. The van der Waals surface area contributed by atoms with Crippen LogP contribution in [0.4, 0.5) is 26.4 Å². The Balaban J connectivity index is 1.30. The van der Waals surface area contributed by atoms with Crippen molar-refractivity contribution in [2.75, 3.05) is 63.6 Å². The Bertz CT molecular complexity index is 1410. The molecule has 2 aliphatic heterocycles. The van der Waals surface area contributed by atoms with Crippen LogP contribution in [0, 0.1) is 5.82 Å². The summed E-state index contributed by atoms with van der Waals surface area (Å²) >= 11 is 6.08. The summed E-state index contributed by atoms with van der Waals surface area (Å²) in [4.78, 5) is 32.6. The number of piperazine rings is 1. The fourth-order valence-corrected chi connectivity index (χ4v) is 4.46. The molecule has 0 spiro atoms. The Hall–Kier alpha value is -4.07. The van der Waals surface area contributed by atoms with Crippen LogP contribution < -0.4 is 15.4 Å². The van der Waals surface area contributed by atoms with E-state index in [0.717, 1.165) is 26.2 Å². The van der Waals surface area contributed by atoms with Crippen molar-refractivity contribution in [3.8, 4) is 17.1 Å². The summed E-state index contributed by atoms with van der Waals surface area (Å²) in [5, 5.41) is 14.6. The summed E-state index contributed by atoms with van der Waals surface area (Å²) in [6, 6.07) is 9.03. The molecule has 14 heteroatoms. The fraction of sp³-hybridized carbons (Fsp3) is 0.370. The van der Waals surface area contributed by atoms with Gasteiger partial charge in [0.15, 0.2) is 6.10 Å². The molecule has 2 N–H and O–H groups in total. The molecule has 0 radical (unpaired) electrons. The Morgan fingerprint density at radius 3 is 2.78 bits per heavy atom. The number of benzene rings is 1. The van der Waals surface area contributed by atoms with Gasteiger partial charge in [0.2, 0.25) is 5.91 Å². The largest absolute Gasteiger partial charge is 0.508 e. The maximum absolute atomic E-state index is 14.6. The third-order valence-corrected chi connectivity index (χ3v) is 6.81. The lowest BCUT2D eigenvalue weighted by Crippen LogP contribution is -2.45. The number of carbonyl (C=O) groups excluding carboxylic acids is 2. The molecule has 41 heavy (non-hydrogen) atoms. The van der Waals surface area contributed by atoms with E-state index in [1.165, 1.54) is 18.2 Å². The van der Waals surface area contributed by atoms with Crippen molar-refractivity contribution in [1.82, 2.24) is 25.0 Å². The first-order valence-electron chi connectivity index (χ1n) is 13.1. The first-order chi connectivity index (χ1) is 19.8. The molecule has 5 rings (SSSR count). The van der Waals surface area contributed by atoms with E-state index < -0.39 is 18.1 Å². The number of likely N-dealkylation sites (N-methyl/N-ethyl adjacent to an activating group) is 1. The van der Waals surface area contributed by atoms with Crippen molar-refractivity contribution in [1.29, 1.82) is 0 Å². The van der Waals surface area contributed by atoms with Gasteiger partial charge in [-0.2, -0.15) is 0 Å². The molecule has 4 heterocycles. The number of aromatic nitrogens is 3. The number of nitrogens with one attached hydrogen (secondary N) is 2. The summed E-state index contributed by atoms with van der Waals surface area (Å²) in [7, 11) is 2.09. The molecule has 2 fully saturated rings. The molecule has 0 bridgehead atoms. The molecule has 2 saturated heterocycles. The third-order valence-electron chi connectivity index (χ3n) is 6.58. The highest BCUT2D eigenvalue weighted by atomic mass is 35.5. The lowest BCUT2D eigenvalue weighted by Gasteiger charge is -2.32. The molecule has 2 aromatic heterocycles. The van der Waals surface area contributed by atoms with Gasteiger partial charge in [-0.15, -0.1) is 10.2 Å². The van der Waals surface area contributed by atoms with Crippen LogP contribution in [0.5, 0.6) is 5.88 Å². The van der Waals surface area contributed by atoms with E-state index in [4.69, 9.17) is 25.8 Å². The number of anilines is 3. The smallest absolute Gasteiger partial charge is 0.471 e. The normalized spacial score (nSPS) is 17.5. The maximum Gasteiger partial charge on any atom is 0.508 e. The number of nitrogens with zero attached hydrogens (tertiary/aromatic N) is 5. The summed E-state index contributed by atoms with van der Waals surface area (Å²) in [6.07, 6.45) is 0.500. The molecular formula is C27H29ClFN7O5. The standard InChI is InChI=1S/C27H29ClFN7O5/c1-35-8-10-36(11-9-35)7-5-25(37)32-24-13-18(4-6-30-24)31-23-14-22(20-12-17(28)2-3-21(20)29)33-34-26(23)39-15-19-16-40-27(38)41-19/h2-4,6,12-14,19H,5,7-11,15-16H2,1H3,(H2,30,31,32,33,37). The van der Waals surface area contributed by atoms with Crippen LogP contribution in [0.25, 0.3) is 11.3 Å². The average Bonchev–Trinajstić information content (AvgIpc) is 3.38. The Labute approximate surface area is 240 Å². The minimum Gasteiger partial charge on any atom is -0.471 e. The monoisotopic (exact) mass is 585 g/mol. The van der Waals surface area contributed by atoms with Crippen LogP contribution >= 0.6 is 11.6 Å². The predicted molar refractivity (Wildman–Crippen MR) is 149 cm³/mol. The molecule has 0 aliphatic carbocycles. The number of carbonyl (C=O) groups is 2. The summed E-state index contributed by atoms with van der Waals surface area (Å²) < 4.78 is 30.1.